The van der Waals surface area contributed by atoms with Crippen LogP contribution in [0.25, 0.3) is 0 Å². The summed E-state index contributed by atoms with van der Waals surface area (Å²) in [7, 11) is 1.54. The maximum absolute atomic E-state index is 13.7. The zero-order chi connectivity index (χ0) is 44.6. The first-order chi connectivity index (χ1) is 27.7. The summed E-state index contributed by atoms with van der Waals surface area (Å²) in [4.78, 5) is 63.8. The molecule has 0 spiro atoms. The van der Waals surface area contributed by atoms with Crippen molar-refractivity contribution < 1.29 is 57.1 Å². The SMILES string of the molecule is COC(=O)[C@]12CCC(C)(C)C[C@H]1C1=CC[C@@H]3[C@@]4(C)CC[C@H](O[C@H]5O[C@H](COC(C)=O)[C@@H](OC(C)=O)[C@H](OC(C)=O)[C@H]5OC(=O)C(Cl)(Cl)Cl)C(C)(C)[C@@H]4CC[C@@]3(C)[C@]1(C)CC2. The molecule has 0 aromatic rings. The van der Waals surface area contributed by atoms with Crippen LogP contribution in [-0.4, -0.2) is 84.2 Å². The summed E-state index contributed by atoms with van der Waals surface area (Å²) in [5, 5.41) is 0. The minimum atomic E-state index is -2.52. The number of rotatable bonds is 8. The van der Waals surface area contributed by atoms with Crippen molar-refractivity contribution in [3.05, 3.63) is 11.6 Å². The molecule has 12 nitrogen and oxygen atoms in total. The first kappa shape index (κ1) is 47.4. The summed E-state index contributed by atoms with van der Waals surface area (Å²) in [6.45, 7) is 19.6. The molecule has 0 aromatic carbocycles. The van der Waals surface area contributed by atoms with Crippen LogP contribution < -0.4 is 0 Å². The molecule has 338 valence electrons. The number of hydrogen-bond donors (Lipinski definition) is 0. The number of fused-ring (bicyclic) bond motifs is 7. The molecule has 60 heavy (non-hydrogen) atoms. The van der Waals surface area contributed by atoms with E-state index in [9.17, 15) is 24.0 Å². The first-order valence-corrected chi connectivity index (χ1v) is 22.7. The molecule has 0 amide bonds. The van der Waals surface area contributed by atoms with E-state index >= 15 is 0 Å². The lowest BCUT2D eigenvalue weighted by Crippen LogP contribution is -2.66. The fourth-order valence-corrected chi connectivity index (χ4v) is 13.6. The third-order valence-corrected chi connectivity index (χ3v) is 17.0. The number of halogens is 3. The summed E-state index contributed by atoms with van der Waals surface area (Å²) in [6, 6.07) is 0. The van der Waals surface area contributed by atoms with E-state index in [1.54, 1.807) is 0 Å². The fourth-order valence-electron chi connectivity index (χ4n) is 13.5. The third-order valence-electron chi connectivity index (χ3n) is 16.6. The molecule has 13 atom stereocenters. The molecule has 1 heterocycles. The van der Waals surface area contributed by atoms with Gasteiger partial charge < -0.3 is 33.2 Å². The van der Waals surface area contributed by atoms with Gasteiger partial charge in [-0.15, -0.1) is 0 Å². The number of ether oxygens (including phenoxy) is 7. The Labute approximate surface area is 370 Å². The minimum absolute atomic E-state index is 0.0220. The molecule has 5 fully saturated rings. The zero-order valence-corrected chi connectivity index (χ0v) is 39.4. The average Bonchev–Trinajstić information content (AvgIpc) is 3.13. The highest BCUT2D eigenvalue weighted by molar-refractivity contribution is 6.75. The lowest BCUT2D eigenvalue weighted by Gasteiger charge is -2.71. The van der Waals surface area contributed by atoms with Gasteiger partial charge in [-0.05, 0) is 109 Å². The van der Waals surface area contributed by atoms with Crippen LogP contribution in [0, 0.1) is 50.2 Å². The third kappa shape index (κ3) is 8.13. The van der Waals surface area contributed by atoms with Crippen LogP contribution in [0.15, 0.2) is 11.6 Å². The van der Waals surface area contributed by atoms with E-state index in [0.29, 0.717) is 12.3 Å². The van der Waals surface area contributed by atoms with Crippen molar-refractivity contribution in [2.45, 2.75) is 174 Å². The Kier molecular flexibility index (Phi) is 13.0. The molecule has 6 aliphatic rings. The maximum Gasteiger partial charge on any atom is 0.359 e. The topological polar surface area (TPSA) is 150 Å². The average molecular weight is 904 g/mol. The Hall–Kier alpha value is -2.12. The Balaban J connectivity index is 1.33. The highest BCUT2D eigenvalue weighted by atomic mass is 35.6. The quantitative estimate of drug-likeness (QED) is 0.0754. The molecular weight excluding hydrogens is 839 g/mol. The van der Waals surface area contributed by atoms with Gasteiger partial charge in [0.1, 0.15) is 12.7 Å². The van der Waals surface area contributed by atoms with E-state index < -0.39 is 81.9 Å². The molecule has 0 radical (unpaired) electrons. The lowest BCUT2D eigenvalue weighted by atomic mass is 9.33. The number of esters is 5. The second-order valence-corrected chi connectivity index (χ2v) is 23.0. The smallest absolute Gasteiger partial charge is 0.359 e. The van der Waals surface area contributed by atoms with Crippen LogP contribution in [0.2, 0.25) is 0 Å². The van der Waals surface area contributed by atoms with Gasteiger partial charge in [0.05, 0.1) is 18.6 Å². The Morgan fingerprint density at radius 2 is 1.40 bits per heavy atom. The van der Waals surface area contributed by atoms with Gasteiger partial charge in [0.2, 0.25) is 0 Å². The predicted octanol–water partition coefficient (Wildman–Crippen LogP) is 8.78. The second-order valence-electron chi connectivity index (χ2n) is 20.7. The van der Waals surface area contributed by atoms with Crippen LogP contribution in [0.3, 0.4) is 0 Å². The lowest BCUT2D eigenvalue weighted by molar-refractivity contribution is -0.333. The highest BCUT2D eigenvalue weighted by Crippen LogP contribution is 2.76. The summed E-state index contributed by atoms with van der Waals surface area (Å²) in [5.41, 5.74) is 0.462. The van der Waals surface area contributed by atoms with Crippen molar-refractivity contribution in [2.75, 3.05) is 13.7 Å². The van der Waals surface area contributed by atoms with Gasteiger partial charge in [-0.25, -0.2) is 4.79 Å². The monoisotopic (exact) mass is 902 g/mol. The molecule has 0 unspecified atom stereocenters. The largest absolute Gasteiger partial charge is 0.469 e. The second kappa shape index (κ2) is 16.5. The van der Waals surface area contributed by atoms with Crippen molar-refractivity contribution in [3.8, 4) is 0 Å². The summed E-state index contributed by atoms with van der Waals surface area (Å²) >= 11 is 17.9. The Morgan fingerprint density at radius 3 is 2.00 bits per heavy atom. The molecule has 1 saturated heterocycles. The molecule has 15 heteroatoms. The van der Waals surface area contributed by atoms with E-state index in [2.05, 4.69) is 54.5 Å². The van der Waals surface area contributed by atoms with Gasteiger partial charge in [0.15, 0.2) is 24.6 Å². The number of hydrogen-bond acceptors (Lipinski definition) is 12. The van der Waals surface area contributed by atoms with Crippen LogP contribution in [0.5, 0.6) is 0 Å². The Morgan fingerprint density at radius 1 is 0.767 bits per heavy atom. The number of carbonyl (C=O) groups is 5. The van der Waals surface area contributed by atoms with Crippen LogP contribution in [-0.2, 0) is 57.1 Å². The number of allylic oxidation sites excluding steroid dienone is 2. The van der Waals surface area contributed by atoms with Crippen molar-refractivity contribution in [3.63, 3.8) is 0 Å². The number of alkyl halides is 3. The molecule has 0 bridgehead atoms. The van der Waals surface area contributed by atoms with Crippen molar-refractivity contribution >= 4 is 64.6 Å². The normalized spacial score (nSPS) is 41.7. The van der Waals surface area contributed by atoms with Crippen LogP contribution in [0.1, 0.15) is 133 Å². The highest BCUT2D eigenvalue weighted by Gasteiger charge is 2.70. The zero-order valence-electron chi connectivity index (χ0n) is 37.1. The van der Waals surface area contributed by atoms with Crippen molar-refractivity contribution in [2.24, 2.45) is 50.2 Å². The van der Waals surface area contributed by atoms with Gasteiger partial charge in [-0.1, -0.05) is 94.9 Å². The molecule has 4 saturated carbocycles. The Bertz CT molecular complexity index is 1760. The summed E-state index contributed by atoms with van der Waals surface area (Å²) in [5.74, 6) is -2.79. The van der Waals surface area contributed by atoms with Gasteiger partial charge in [0, 0.05) is 20.8 Å². The van der Waals surface area contributed by atoms with Crippen molar-refractivity contribution in [1.82, 2.24) is 0 Å². The van der Waals surface area contributed by atoms with E-state index in [1.165, 1.54) is 19.6 Å². The van der Waals surface area contributed by atoms with Crippen LogP contribution >= 0.6 is 34.8 Å². The van der Waals surface area contributed by atoms with Gasteiger partial charge in [-0.3, -0.25) is 19.2 Å². The molecule has 1 aliphatic heterocycles. The molecular formula is C45H65Cl3O12. The van der Waals surface area contributed by atoms with Gasteiger partial charge in [-0.2, -0.15) is 0 Å². The molecule has 6 rings (SSSR count). The molecule has 5 aliphatic carbocycles. The standard InChI is InChI=1S/C45H65Cl3O12/c1-24(49)55-23-29-33(56-25(2)50)34(57-26(3)51)35(60-38(53)45(46,47)48)36(58-29)59-32-15-16-41(8)30(40(32,6)7)14-17-43(10)31(41)13-12-27-28-22-39(4,5)18-20-44(28,37(52)54-11)21-19-42(27,43)9/h12,28-36H,13-23H2,1-11H3/t28-,29+,30-,31+,32-,33+,34-,35+,36+,41-,42+,43+,44-/m0/s1. The maximum atomic E-state index is 13.7. The van der Waals surface area contributed by atoms with Gasteiger partial charge in [0.25, 0.3) is 3.79 Å². The molecule has 0 N–H and O–H groups in total. The van der Waals surface area contributed by atoms with Crippen LogP contribution in [0.4, 0.5) is 0 Å². The summed E-state index contributed by atoms with van der Waals surface area (Å²) < 4.78 is 38.6. The van der Waals surface area contributed by atoms with Gasteiger partial charge >= 0.3 is 29.8 Å². The predicted molar refractivity (Wildman–Crippen MR) is 222 cm³/mol. The number of methoxy groups -OCH3 is 1. The van der Waals surface area contributed by atoms with E-state index in [1.807, 2.05) is 0 Å². The van der Waals surface area contributed by atoms with E-state index in [0.717, 1.165) is 71.6 Å². The first-order valence-electron chi connectivity index (χ1n) is 21.5. The fraction of sp³-hybridized carbons (Fsp3) is 0.844. The summed E-state index contributed by atoms with van der Waals surface area (Å²) in [6.07, 6.45) is 3.94. The number of carbonyl (C=O) groups excluding carboxylic acids is 5. The minimum Gasteiger partial charge on any atom is -0.469 e. The van der Waals surface area contributed by atoms with Crippen molar-refractivity contribution in [1.29, 1.82) is 0 Å². The molecule has 0 aromatic heterocycles. The van der Waals surface area contributed by atoms with E-state index in [4.69, 9.17) is 68.0 Å². The van der Waals surface area contributed by atoms with E-state index in [-0.39, 0.29) is 39.5 Å².